The van der Waals surface area contributed by atoms with Gasteiger partial charge in [-0.2, -0.15) is 0 Å². The minimum absolute atomic E-state index is 0.0652. The van der Waals surface area contributed by atoms with Gasteiger partial charge < -0.3 is 18.8 Å². The van der Waals surface area contributed by atoms with Crippen LogP contribution < -0.4 is 4.74 Å². The first kappa shape index (κ1) is 15.2. The van der Waals surface area contributed by atoms with Crippen molar-refractivity contribution in [1.29, 1.82) is 0 Å². The predicted octanol–water partition coefficient (Wildman–Crippen LogP) is 2.37. The Morgan fingerprint density at radius 2 is 2.25 bits per heavy atom. The highest BCUT2D eigenvalue weighted by Crippen LogP contribution is 2.42. The lowest BCUT2D eigenvalue weighted by atomic mass is 9.79. The zero-order chi connectivity index (χ0) is 16.4. The van der Waals surface area contributed by atoms with Gasteiger partial charge >= 0.3 is 0 Å². The van der Waals surface area contributed by atoms with E-state index in [-0.39, 0.29) is 11.5 Å². The van der Waals surface area contributed by atoms with Gasteiger partial charge in [-0.25, -0.2) is 4.98 Å². The first-order valence-corrected chi connectivity index (χ1v) is 8.27. The van der Waals surface area contributed by atoms with E-state index in [2.05, 4.69) is 4.98 Å². The van der Waals surface area contributed by atoms with Gasteiger partial charge in [0.15, 0.2) is 5.76 Å². The van der Waals surface area contributed by atoms with Crippen LogP contribution in [0.1, 0.15) is 23.4 Å². The van der Waals surface area contributed by atoms with Gasteiger partial charge in [0, 0.05) is 18.9 Å². The summed E-state index contributed by atoms with van der Waals surface area (Å²) in [7, 11) is 0. The van der Waals surface area contributed by atoms with Gasteiger partial charge in [-0.3, -0.25) is 4.79 Å². The van der Waals surface area contributed by atoms with Crippen LogP contribution in [0.3, 0.4) is 0 Å². The van der Waals surface area contributed by atoms with E-state index >= 15 is 0 Å². The number of nitrogens with zero attached hydrogens (tertiary/aromatic N) is 2. The normalized spacial score (nSPS) is 21.7. The van der Waals surface area contributed by atoms with Crippen LogP contribution in [-0.2, 0) is 4.74 Å². The summed E-state index contributed by atoms with van der Waals surface area (Å²) in [5.74, 6) is 1.37. The molecule has 0 saturated carbocycles. The highest BCUT2D eigenvalue weighted by atomic mass is 16.5. The molecule has 6 nitrogen and oxygen atoms in total. The second-order valence-electron chi connectivity index (χ2n) is 6.34. The molecular formula is C18H20N2O4. The van der Waals surface area contributed by atoms with Gasteiger partial charge in [0.05, 0.1) is 26.0 Å². The van der Waals surface area contributed by atoms with Crippen molar-refractivity contribution >= 4 is 5.91 Å². The summed E-state index contributed by atoms with van der Waals surface area (Å²) in [6.45, 7) is 2.61. The molecule has 0 bridgehead atoms. The standard InChI is InChI=1S/C18H20N2O4/c21-17(15-4-3-9-22-15)20-12-18(13-20)14(7-11-24-18)6-10-23-16-5-1-2-8-19-16/h1-5,8-9,14H,6-7,10-13H2. The molecule has 1 atom stereocenters. The van der Waals surface area contributed by atoms with E-state index in [4.69, 9.17) is 13.9 Å². The summed E-state index contributed by atoms with van der Waals surface area (Å²) in [6, 6.07) is 9.06. The third-order valence-electron chi connectivity index (χ3n) is 4.89. The highest BCUT2D eigenvalue weighted by molar-refractivity contribution is 5.92. The average Bonchev–Trinajstić information content (AvgIpc) is 3.24. The first-order valence-electron chi connectivity index (χ1n) is 8.27. The molecule has 2 aliphatic heterocycles. The molecule has 2 aromatic heterocycles. The molecule has 1 spiro atoms. The fourth-order valence-electron chi connectivity index (χ4n) is 3.58. The lowest BCUT2D eigenvalue weighted by Crippen LogP contribution is -2.66. The van der Waals surface area contributed by atoms with Crippen molar-refractivity contribution in [2.24, 2.45) is 5.92 Å². The van der Waals surface area contributed by atoms with E-state index < -0.39 is 0 Å². The number of carbonyl (C=O) groups excluding carboxylic acids is 1. The Morgan fingerprint density at radius 1 is 1.33 bits per heavy atom. The third kappa shape index (κ3) is 2.78. The molecule has 1 amide bonds. The maximum absolute atomic E-state index is 12.3. The first-order chi connectivity index (χ1) is 11.8. The van der Waals surface area contributed by atoms with E-state index in [0.717, 1.165) is 19.4 Å². The minimum atomic E-state index is -0.213. The van der Waals surface area contributed by atoms with Crippen molar-refractivity contribution in [2.75, 3.05) is 26.3 Å². The van der Waals surface area contributed by atoms with Crippen molar-refractivity contribution in [1.82, 2.24) is 9.88 Å². The van der Waals surface area contributed by atoms with Gasteiger partial charge in [0.2, 0.25) is 5.88 Å². The van der Waals surface area contributed by atoms with Gasteiger partial charge in [0.1, 0.15) is 5.60 Å². The zero-order valence-corrected chi connectivity index (χ0v) is 13.4. The number of carbonyl (C=O) groups is 1. The Hall–Kier alpha value is -2.34. The lowest BCUT2D eigenvalue weighted by molar-refractivity contribution is -0.119. The van der Waals surface area contributed by atoms with Gasteiger partial charge in [-0.1, -0.05) is 6.07 Å². The number of pyridine rings is 1. The number of aromatic nitrogens is 1. The second kappa shape index (κ2) is 6.28. The van der Waals surface area contributed by atoms with Gasteiger partial charge in [-0.05, 0) is 37.0 Å². The smallest absolute Gasteiger partial charge is 0.289 e. The molecule has 1 unspecified atom stereocenters. The molecule has 2 saturated heterocycles. The number of ether oxygens (including phenoxy) is 2. The Morgan fingerprint density at radius 3 is 3.00 bits per heavy atom. The van der Waals surface area contributed by atoms with Crippen LogP contribution in [0, 0.1) is 5.92 Å². The maximum atomic E-state index is 12.3. The van der Waals surface area contributed by atoms with E-state index in [1.165, 1.54) is 6.26 Å². The molecule has 6 heteroatoms. The van der Waals surface area contributed by atoms with Crippen LogP contribution in [0.2, 0.25) is 0 Å². The molecule has 24 heavy (non-hydrogen) atoms. The van der Waals surface area contributed by atoms with Gasteiger partial charge in [0.25, 0.3) is 5.91 Å². The Kier molecular flexibility index (Phi) is 3.98. The molecule has 0 radical (unpaired) electrons. The van der Waals surface area contributed by atoms with Crippen LogP contribution in [0.5, 0.6) is 5.88 Å². The highest BCUT2D eigenvalue weighted by Gasteiger charge is 2.54. The van der Waals surface area contributed by atoms with E-state index in [0.29, 0.717) is 37.3 Å². The summed E-state index contributed by atoms with van der Waals surface area (Å²) in [5.41, 5.74) is -0.213. The Bertz CT molecular complexity index is 680. The number of hydrogen-bond donors (Lipinski definition) is 0. The van der Waals surface area contributed by atoms with Crippen LogP contribution in [0.25, 0.3) is 0 Å². The van der Waals surface area contributed by atoms with Crippen LogP contribution in [0.4, 0.5) is 0 Å². The van der Waals surface area contributed by atoms with Crippen molar-refractivity contribution < 1.29 is 18.7 Å². The zero-order valence-electron chi connectivity index (χ0n) is 13.4. The number of hydrogen-bond acceptors (Lipinski definition) is 5. The average molecular weight is 328 g/mol. The quantitative estimate of drug-likeness (QED) is 0.843. The molecular weight excluding hydrogens is 308 g/mol. The van der Waals surface area contributed by atoms with Gasteiger partial charge in [-0.15, -0.1) is 0 Å². The third-order valence-corrected chi connectivity index (χ3v) is 4.89. The van der Waals surface area contributed by atoms with Crippen LogP contribution in [0.15, 0.2) is 47.2 Å². The summed E-state index contributed by atoms with van der Waals surface area (Å²) in [6.07, 6.45) is 5.15. The predicted molar refractivity (Wildman–Crippen MR) is 85.8 cm³/mol. The Labute approximate surface area is 140 Å². The maximum Gasteiger partial charge on any atom is 0.289 e. The van der Waals surface area contributed by atoms with Crippen molar-refractivity contribution in [3.8, 4) is 5.88 Å². The summed E-state index contributed by atoms with van der Waals surface area (Å²) in [5, 5.41) is 0. The molecule has 2 aromatic rings. The van der Waals surface area contributed by atoms with Crippen molar-refractivity contribution in [3.05, 3.63) is 48.6 Å². The lowest BCUT2D eigenvalue weighted by Gasteiger charge is -2.49. The van der Waals surface area contributed by atoms with E-state index in [1.807, 2.05) is 18.2 Å². The molecule has 126 valence electrons. The number of amides is 1. The number of rotatable bonds is 5. The molecule has 0 aliphatic carbocycles. The van der Waals surface area contributed by atoms with Crippen LogP contribution >= 0.6 is 0 Å². The van der Waals surface area contributed by atoms with Crippen molar-refractivity contribution in [2.45, 2.75) is 18.4 Å². The van der Waals surface area contributed by atoms with E-state index in [9.17, 15) is 4.79 Å². The number of likely N-dealkylation sites (tertiary alicyclic amines) is 1. The summed E-state index contributed by atoms with van der Waals surface area (Å²) < 4.78 is 16.9. The molecule has 0 N–H and O–H groups in total. The van der Waals surface area contributed by atoms with Crippen molar-refractivity contribution in [3.63, 3.8) is 0 Å². The monoisotopic (exact) mass is 328 g/mol. The summed E-state index contributed by atoms with van der Waals surface area (Å²) in [4.78, 5) is 18.2. The van der Waals surface area contributed by atoms with Crippen LogP contribution in [-0.4, -0.2) is 47.7 Å². The molecule has 2 fully saturated rings. The fourth-order valence-corrected chi connectivity index (χ4v) is 3.58. The topological polar surface area (TPSA) is 64.8 Å². The fraction of sp³-hybridized carbons (Fsp3) is 0.444. The minimum Gasteiger partial charge on any atom is -0.478 e. The molecule has 4 rings (SSSR count). The largest absolute Gasteiger partial charge is 0.478 e. The van der Waals surface area contributed by atoms with E-state index in [1.54, 1.807) is 23.2 Å². The SMILES string of the molecule is O=C(c1ccco1)N1CC2(C1)OCCC2CCOc1ccccn1. The molecule has 4 heterocycles. The molecule has 2 aliphatic rings. The number of furan rings is 1. The summed E-state index contributed by atoms with van der Waals surface area (Å²) >= 11 is 0. The molecule has 0 aromatic carbocycles. The Balaban J connectivity index is 1.30. The second-order valence-corrected chi connectivity index (χ2v) is 6.34.